The maximum atomic E-state index is 13.7. The topological polar surface area (TPSA) is 83.6 Å². The molecule has 106 valence electrons. The predicted molar refractivity (Wildman–Crippen MR) is 64.2 cm³/mol. The Balaban J connectivity index is 2.28. The molecule has 5 nitrogen and oxygen atoms in total. The first-order valence-corrected chi connectivity index (χ1v) is 7.19. The highest BCUT2D eigenvalue weighted by molar-refractivity contribution is 7.86. The summed E-state index contributed by atoms with van der Waals surface area (Å²) in [7, 11) is -3.84. The van der Waals surface area contributed by atoms with Gasteiger partial charge in [-0.25, -0.2) is 13.9 Å². The van der Waals surface area contributed by atoms with Gasteiger partial charge in [0.25, 0.3) is 10.2 Å². The maximum Gasteiger partial charge on any atom is 0.276 e. The molecule has 0 atom stereocenters. The van der Waals surface area contributed by atoms with Crippen molar-refractivity contribution >= 4 is 10.2 Å². The number of halogens is 2. The molecular formula is C11H14F2N2O3S. The molecule has 0 radical (unpaired) electrons. The Kier molecular flexibility index (Phi) is 3.61. The Labute approximate surface area is 109 Å². The van der Waals surface area contributed by atoms with Crippen LogP contribution in [0.15, 0.2) is 18.2 Å². The Morgan fingerprint density at radius 1 is 1.21 bits per heavy atom. The van der Waals surface area contributed by atoms with Crippen molar-refractivity contribution in [3.05, 3.63) is 35.4 Å². The fourth-order valence-corrected chi connectivity index (χ4v) is 2.99. The number of nitrogens with two attached hydrogens (primary N) is 1. The zero-order valence-electron chi connectivity index (χ0n) is 10.0. The second-order valence-electron chi connectivity index (χ2n) is 4.57. The van der Waals surface area contributed by atoms with E-state index in [2.05, 4.69) is 0 Å². The smallest absolute Gasteiger partial charge is 0.276 e. The number of benzene rings is 1. The van der Waals surface area contributed by atoms with Gasteiger partial charge in [-0.2, -0.15) is 12.7 Å². The first-order chi connectivity index (χ1) is 8.74. The number of piperidine rings is 1. The standard InChI is InChI=1S/C11H14F2N2O3S/c12-8-2-1-3-9(13)10(8)11(16)4-6-15(7-5-11)19(14,17)18/h1-3,16H,4-7H2,(H2,14,17,18). The van der Waals surface area contributed by atoms with Crippen molar-refractivity contribution in [1.82, 2.24) is 4.31 Å². The van der Waals surface area contributed by atoms with Gasteiger partial charge in [0.15, 0.2) is 0 Å². The first kappa shape index (κ1) is 14.3. The van der Waals surface area contributed by atoms with Gasteiger partial charge in [0.2, 0.25) is 0 Å². The Hall–Kier alpha value is -1.09. The highest BCUT2D eigenvalue weighted by atomic mass is 32.2. The summed E-state index contributed by atoms with van der Waals surface area (Å²) in [5, 5.41) is 15.3. The third-order valence-electron chi connectivity index (χ3n) is 3.34. The highest BCUT2D eigenvalue weighted by Gasteiger charge is 2.40. The summed E-state index contributed by atoms with van der Waals surface area (Å²) in [4.78, 5) is 0. The molecule has 1 aromatic carbocycles. The molecule has 0 saturated carbocycles. The SMILES string of the molecule is NS(=O)(=O)N1CCC(O)(c2c(F)cccc2F)CC1. The molecule has 1 aliphatic heterocycles. The number of nitrogens with zero attached hydrogens (tertiary/aromatic N) is 1. The minimum atomic E-state index is -3.84. The molecule has 0 amide bonds. The minimum absolute atomic E-state index is 0.0803. The summed E-state index contributed by atoms with van der Waals surface area (Å²) in [6.45, 7) is -0.161. The summed E-state index contributed by atoms with van der Waals surface area (Å²) >= 11 is 0. The van der Waals surface area contributed by atoms with Gasteiger partial charge in [-0.05, 0) is 25.0 Å². The van der Waals surface area contributed by atoms with Crippen LogP contribution < -0.4 is 5.14 Å². The summed E-state index contributed by atoms with van der Waals surface area (Å²) in [5.41, 5.74) is -2.12. The van der Waals surface area contributed by atoms with Crippen LogP contribution in [0.25, 0.3) is 0 Å². The van der Waals surface area contributed by atoms with E-state index in [9.17, 15) is 22.3 Å². The lowest BCUT2D eigenvalue weighted by Gasteiger charge is -2.37. The third kappa shape index (κ3) is 2.76. The predicted octanol–water partition coefficient (Wildman–Crippen LogP) is 0.452. The van der Waals surface area contributed by atoms with Gasteiger partial charge in [0.1, 0.15) is 11.6 Å². The van der Waals surface area contributed by atoms with E-state index in [0.29, 0.717) is 0 Å². The Morgan fingerprint density at radius 3 is 2.11 bits per heavy atom. The van der Waals surface area contributed by atoms with Gasteiger partial charge < -0.3 is 5.11 Å². The van der Waals surface area contributed by atoms with Gasteiger partial charge in [-0.15, -0.1) is 0 Å². The van der Waals surface area contributed by atoms with Crippen LogP contribution in [0.3, 0.4) is 0 Å². The van der Waals surface area contributed by atoms with E-state index in [1.54, 1.807) is 0 Å². The van der Waals surface area contributed by atoms with Crippen LogP contribution in [-0.2, 0) is 15.8 Å². The molecule has 0 aromatic heterocycles. The third-order valence-corrected chi connectivity index (χ3v) is 4.42. The molecular weight excluding hydrogens is 278 g/mol. The van der Waals surface area contributed by atoms with Gasteiger partial charge in [0, 0.05) is 13.1 Å². The molecule has 0 unspecified atom stereocenters. The van der Waals surface area contributed by atoms with E-state index in [-0.39, 0.29) is 25.9 Å². The number of aliphatic hydroxyl groups is 1. The molecule has 1 aliphatic rings. The first-order valence-electron chi connectivity index (χ1n) is 5.69. The maximum absolute atomic E-state index is 13.7. The van der Waals surface area contributed by atoms with E-state index in [4.69, 9.17) is 5.14 Å². The van der Waals surface area contributed by atoms with E-state index in [0.717, 1.165) is 16.4 Å². The molecule has 1 fully saturated rings. The van der Waals surface area contributed by atoms with E-state index < -0.39 is 33.0 Å². The summed E-state index contributed by atoms with van der Waals surface area (Å²) < 4.78 is 50.6. The van der Waals surface area contributed by atoms with Gasteiger partial charge in [0.05, 0.1) is 11.2 Å². The van der Waals surface area contributed by atoms with Crippen molar-refractivity contribution in [1.29, 1.82) is 0 Å². The molecule has 1 saturated heterocycles. The molecule has 1 aromatic rings. The number of hydrogen-bond acceptors (Lipinski definition) is 3. The lowest BCUT2D eigenvalue weighted by Crippen LogP contribution is -2.48. The monoisotopic (exact) mass is 292 g/mol. The second-order valence-corrected chi connectivity index (χ2v) is 6.12. The van der Waals surface area contributed by atoms with Crippen LogP contribution in [0.4, 0.5) is 8.78 Å². The lowest BCUT2D eigenvalue weighted by atomic mass is 9.84. The molecule has 3 N–H and O–H groups in total. The van der Waals surface area contributed by atoms with Gasteiger partial charge in [-0.1, -0.05) is 6.07 Å². The van der Waals surface area contributed by atoms with E-state index >= 15 is 0 Å². The van der Waals surface area contributed by atoms with Crippen molar-refractivity contribution in [3.63, 3.8) is 0 Å². The largest absolute Gasteiger partial charge is 0.385 e. The molecule has 8 heteroatoms. The van der Waals surface area contributed by atoms with Crippen LogP contribution in [0, 0.1) is 11.6 Å². The Morgan fingerprint density at radius 2 is 1.68 bits per heavy atom. The normalized spacial score (nSPS) is 20.4. The second kappa shape index (κ2) is 4.78. The summed E-state index contributed by atoms with van der Waals surface area (Å²) in [6, 6.07) is 3.32. The fraction of sp³-hybridized carbons (Fsp3) is 0.455. The van der Waals surface area contributed by atoms with Crippen LogP contribution in [-0.4, -0.2) is 30.9 Å². The summed E-state index contributed by atoms with van der Waals surface area (Å²) in [5.74, 6) is -1.68. The summed E-state index contributed by atoms with van der Waals surface area (Å²) in [6.07, 6.45) is -0.220. The minimum Gasteiger partial charge on any atom is -0.385 e. The molecule has 0 aliphatic carbocycles. The quantitative estimate of drug-likeness (QED) is 0.830. The molecule has 19 heavy (non-hydrogen) atoms. The highest BCUT2D eigenvalue weighted by Crippen LogP contribution is 2.36. The van der Waals surface area contributed by atoms with Crippen LogP contribution in [0.5, 0.6) is 0 Å². The van der Waals surface area contributed by atoms with Crippen molar-refractivity contribution in [3.8, 4) is 0 Å². The molecule has 0 spiro atoms. The molecule has 2 rings (SSSR count). The van der Waals surface area contributed by atoms with Crippen LogP contribution in [0.2, 0.25) is 0 Å². The molecule has 1 heterocycles. The Bertz CT molecular complexity index is 563. The van der Waals surface area contributed by atoms with E-state index in [1.807, 2.05) is 0 Å². The van der Waals surface area contributed by atoms with Crippen LogP contribution >= 0.6 is 0 Å². The van der Waals surface area contributed by atoms with E-state index in [1.165, 1.54) is 6.07 Å². The zero-order valence-corrected chi connectivity index (χ0v) is 10.8. The number of rotatable bonds is 2. The zero-order chi connectivity index (χ0) is 14.3. The fourth-order valence-electron chi connectivity index (χ4n) is 2.30. The number of hydrogen-bond donors (Lipinski definition) is 2. The van der Waals surface area contributed by atoms with Gasteiger partial charge in [-0.3, -0.25) is 0 Å². The average molecular weight is 292 g/mol. The molecule has 0 bridgehead atoms. The van der Waals surface area contributed by atoms with Crippen molar-refractivity contribution in [2.24, 2.45) is 5.14 Å². The van der Waals surface area contributed by atoms with Gasteiger partial charge >= 0.3 is 0 Å². The average Bonchev–Trinajstić information content (AvgIpc) is 2.27. The van der Waals surface area contributed by atoms with Crippen molar-refractivity contribution in [2.75, 3.05) is 13.1 Å². The van der Waals surface area contributed by atoms with Crippen LogP contribution in [0.1, 0.15) is 18.4 Å². The van der Waals surface area contributed by atoms with Crippen molar-refractivity contribution < 1.29 is 22.3 Å². The lowest BCUT2D eigenvalue weighted by molar-refractivity contribution is -0.0155. The van der Waals surface area contributed by atoms with Crippen molar-refractivity contribution in [2.45, 2.75) is 18.4 Å².